The molecule has 0 aromatic heterocycles. The molecule has 1 unspecified atom stereocenters. The Bertz CT molecular complexity index is 1510. The lowest BCUT2D eigenvalue weighted by molar-refractivity contribution is -0.166. The largest absolute Gasteiger partial charge is 0.462 e. The van der Waals surface area contributed by atoms with Crippen LogP contribution < -0.4 is 0 Å². The van der Waals surface area contributed by atoms with E-state index in [0.717, 1.165) is 96.3 Å². The van der Waals surface area contributed by atoms with Gasteiger partial charge in [0.2, 0.25) is 0 Å². The van der Waals surface area contributed by atoms with Crippen molar-refractivity contribution in [2.45, 2.75) is 200 Å². The number of ether oxygens (including phenoxy) is 3. The molecule has 0 aromatic carbocycles. The molecule has 0 saturated carbocycles. The van der Waals surface area contributed by atoms with Gasteiger partial charge in [-0.15, -0.1) is 0 Å². The smallest absolute Gasteiger partial charge is 0.306 e. The van der Waals surface area contributed by atoms with Gasteiger partial charge in [-0.05, 0) is 116 Å². The first-order chi connectivity index (χ1) is 32.5. The lowest BCUT2D eigenvalue weighted by atomic mass is 10.1. The van der Waals surface area contributed by atoms with Crippen molar-refractivity contribution in [2.75, 3.05) is 13.2 Å². The Labute approximate surface area is 404 Å². The summed E-state index contributed by atoms with van der Waals surface area (Å²) < 4.78 is 16.6. The molecule has 0 aliphatic carbocycles. The third-order valence-corrected chi connectivity index (χ3v) is 10.1. The van der Waals surface area contributed by atoms with E-state index in [4.69, 9.17) is 14.2 Å². The quantitative estimate of drug-likeness (QED) is 0.0262. The van der Waals surface area contributed by atoms with Crippen molar-refractivity contribution in [1.82, 2.24) is 0 Å². The first kappa shape index (κ1) is 61.3. The van der Waals surface area contributed by atoms with Crippen LogP contribution in [0.4, 0.5) is 0 Å². The SMILES string of the molecule is CC/C=C\C/C=C\C/C=C\C/C=C\C/C=C\C/C=C\CCC(=O)OCC(COC(=O)CC/C=C\C/C=C\CCCCCCCC)OC(=O)CCCCC/C=C\C/C=C\C/C=C\C/C=C\CC. The second-order valence-electron chi connectivity index (χ2n) is 16.3. The van der Waals surface area contributed by atoms with E-state index in [1.54, 1.807) is 0 Å². The number of allylic oxidation sites excluding steroid dienone is 24. The minimum atomic E-state index is -0.854. The second kappa shape index (κ2) is 52.9. The van der Waals surface area contributed by atoms with Crippen LogP contribution in [0.25, 0.3) is 0 Å². The predicted molar refractivity (Wildman–Crippen MR) is 283 cm³/mol. The minimum Gasteiger partial charge on any atom is -0.462 e. The van der Waals surface area contributed by atoms with Gasteiger partial charge in [0.25, 0.3) is 0 Å². The molecule has 0 spiro atoms. The average molecular weight is 909 g/mol. The standard InChI is InChI=1S/C60H92O6/c1-4-7-10-13-16-19-22-25-27-29-30-31-33-35-38-41-44-47-50-53-59(62)65-56-57(55-64-58(61)52-49-46-43-40-37-34-24-21-18-15-12-9-6-3)66-60(63)54-51-48-45-42-39-36-32-28-26-23-20-17-14-11-8-5-2/h7-8,10-11,16-17,19-20,25-28,30-31,34-39,43-44,46-47,57H,4-6,9,12-15,18,21-24,29,32-33,40-42,45,48-56H2,1-3H3/b10-7-,11-8-,19-16-,20-17-,27-25-,28-26-,31-30-,37-34-,38-35-,39-36-,46-43-,47-44-. The summed E-state index contributed by atoms with van der Waals surface area (Å²) in [5, 5.41) is 0. The monoisotopic (exact) mass is 909 g/mol. The van der Waals surface area contributed by atoms with Crippen molar-refractivity contribution in [2.24, 2.45) is 0 Å². The van der Waals surface area contributed by atoms with Crippen molar-refractivity contribution in [1.29, 1.82) is 0 Å². The molecule has 368 valence electrons. The molecule has 0 amide bonds. The van der Waals surface area contributed by atoms with Crippen LogP contribution in [-0.4, -0.2) is 37.2 Å². The topological polar surface area (TPSA) is 78.9 Å². The summed E-state index contributed by atoms with van der Waals surface area (Å²) in [6.45, 7) is 6.23. The molecular formula is C60H92O6. The zero-order valence-electron chi connectivity index (χ0n) is 41.9. The van der Waals surface area contributed by atoms with E-state index in [1.165, 1.54) is 38.5 Å². The van der Waals surface area contributed by atoms with Crippen molar-refractivity contribution >= 4 is 17.9 Å². The summed E-state index contributed by atoms with van der Waals surface area (Å²) in [7, 11) is 0. The van der Waals surface area contributed by atoms with E-state index in [0.29, 0.717) is 19.3 Å². The molecule has 0 saturated heterocycles. The van der Waals surface area contributed by atoms with Gasteiger partial charge in [-0.25, -0.2) is 0 Å². The molecular weight excluding hydrogens is 817 g/mol. The molecule has 6 heteroatoms. The van der Waals surface area contributed by atoms with Gasteiger partial charge in [-0.2, -0.15) is 0 Å². The Balaban J connectivity index is 4.65. The molecule has 0 N–H and O–H groups in total. The van der Waals surface area contributed by atoms with Crippen molar-refractivity contribution in [3.05, 3.63) is 146 Å². The van der Waals surface area contributed by atoms with Gasteiger partial charge in [0.1, 0.15) is 13.2 Å². The molecule has 0 bridgehead atoms. The Hall–Kier alpha value is -4.71. The van der Waals surface area contributed by atoms with E-state index in [-0.39, 0.29) is 50.4 Å². The number of carbonyl (C=O) groups is 3. The fourth-order valence-electron chi connectivity index (χ4n) is 6.27. The summed E-state index contributed by atoms with van der Waals surface area (Å²) in [5.41, 5.74) is 0. The van der Waals surface area contributed by atoms with Crippen LogP contribution in [0.5, 0.6) is 0 Å². The van der Waals surface area contributed by atoms with Crippen LogP contribution in [0.15, 0.2) is 146 Å². The number of esters is 3. The highest BCUT2D eigenvalue weighted by Crippen LogP contribution is 2.10. The third kappa shape index (κ3) is 50.3. The number of hydrogen-bond donors (Lipinski definition) is 0. The number of carbonyl (C=O) groups excluding carboxylic acids is 3. The zero-order valence-corrected chi connectivity index (χ0v) is 41.9. The fourth-order valence-corrected chi connectivity index (χ4v) is 6.27. The number of rotatable bonds is 44. The molecule has 0 aliphatic heterocycles. The van der Waals surface area contributed by atoms with Gasteiger partial charge in [-0.3, -0.25) is 14.4 Å². The van der Waals surface area contributed by atoms with Gasteiger partial charge in [0.05, 0.1) is 0 Å². The van der Waals surface area contributed by atoms with Gasteiger partial charge in [0, 0.05) is 19.3 Å². The van der Waals surface area contributed by atoms with E-state index in [1.807, 2.05) is 18.2 Å². The first-order valence-electron chi connectivity index (χ1n) is 25.8. The second-order valence-corrected chi connectivity index (χ2v) is 16.3. The van der Waals surface area contributed by atoms with Gasteiger partial charge in [-0.1, -0.05) is 205 Å². The van der Waals surface area contributed by atoms with E-state index >= 15 is 0 Å². The maximum absolute atomic E-state index is 12.8. The van der Waals surface area contributed by atoms with Crippen LogP contribution >= 0.6 is 0 Å². The lowest BCUT2D eigenvalue weighted by Crippen LogP contribution is -2.30. The van der Waals surface area contributed by atoms with E-state index in [9.17, 15) is 14.4 Å². The van der Waals surface area contributed by atoms with Crippen LogP contribution in [0.1, 0.15) is 194 Å². The van der Waals surface area contributed by atoms with Crippen molar-refractivity contribution in [3.8, 4) is 0 Å². The average Bonchev–Trinajstić information content (AvgIpc) is 3.31. The Morgan fingerprint density at radius 3 is 0.985 bits per heavy atom. The highest BCUT2D eigenvalue weighted by atomic mass is 16.6. The Morgan fingerprint density at radius 2 is 0.621 bits per heavy atom. The summed E-state index contributed by atoms with van der Waals surface area (Å²) in [5.74, 6) is -1.14. The molecule has 0 aliphatic rings. The normalized spacial score (nSPS) is 13.3. The molecule has 0 heterocycles. The highest BCUT2D eigenvalue weighted by Gasteiger charge is 2.19. The van der Waals surface area contributed by atoms with E-state index < -0.39 is 6.10 Å². The molecule has 0 aromatic rings. The predicted octanol–water partition coefficient (Wildman–Crippen LogP) is 17.3. The summed E-state index contributed by atoms with van der Waals surface area (Å²) >= 11 is 0. The Morgan fingerprint density at radius 1 is 0.318 bits per heavy atom. The van der Waals surface area contributed by atoms with Gasteiger partial charge in [0.15, 0.2) is 6.10 Å². The van der Waals surface area contributed by atoms with Crippen LogP contribution in [0.3, 0.4) is 0 Å². The van der Waals surface area contributed by atoms with Gasteiger partial charge < -0.3 is 14.2 Å². The molecule has 6 nitrogen and oxygen atoms in total. The molecule has 66 heavy (non-hydrogen) atoms. The van der Waals surface area contributed by atoms with Gasteiger partial charge >= 0.3 is 17.9 Å². The molecule has 0 rings (SSSR count). The van der Waals surface area contributed by atoms with Crippen LogP contribution in [-0.2, 0) is 28.6 Å². The highest BCUT2D eigenvalue weighted by molar-refractivity contribution is 5.71. The summed E-state index contributed by atoms with van der Waals surface area (Å²) in [6.07, 6.45) is 75.7. The maximum atomic E-state index is 12.8. The number of unbranched alkanes of at least 4 members (excludes halogenated alkanes) is 9. The Kier molecular flexibility index (Phi) is 49.1. The maximum Gasteiger partial charge on any atom is 0.306 e. The van der Waals surface area contributed by atoms with Crippen molar-refractivity contribution < 1.29 is 28.6 Å². The van der Waals surface area contributed by atoms with Crippen molar-refractivity contribution in [3.63, 3.8) is 0 Å². The first-order valence-corrected chi connectivity index (χ1v) is 25.8. The summed E-state index contributed by atoms with van der Waals surface area (Å²) in [4.78, 5) is 37.9. The summed E-state index contributed by atoms with van der Waals surface area (Å²) in [6, 6.07) is 0. The lowest BCUT2D eigenvalue weighted by Gasteiger charge is -2.18. The third-order valence-electron chi connectivity index (χ3n) is 10.1. The van der Waals surface area contributed by atoms with Crippen LogP contribution in [0, 0.1) is 0 Å². The van der Waals surface area contributed by atoms with Crippen LogP contribution in [0.2, 0.25) is 0 Å². The molecule has 1 atom stereocenters. The molecule has 0 fully saturated rings. The fraction of sp³-hybridized carbons (Fsp3) is 0.550. The number of hydrogen-bond acceptors (Lipinski definition) is 6. The minimum absolute atomic E-state index is 0.151. The zero-order chi connectivity index (χ0) is 47.9. The molecule has 0 radical (unpaired) electrons. The van der Waals surface area contributed by atoms with E-state index in [2.05, 4.69) is 148 Å².